The van der Waals surface area contributed by atoms with Crippen molar-refractivity contribution in [2.24, 2.45) is 0 Å². The zero-order valence-electron chi connectivity index (χ0n) is 23.4. The van der Waals surface area contributed by atoms with Crippen LogP contribution in [-0.4, -0.2) is 43.4 Å². The van der Waals surface area contributed by atoms with Crippen LogP contribution in [0.15, 0.2) is 79.0 Å². The van der Waals surface area contributed by atoms with Crippen molar-refractivity contribution in [2.45, 2.75) is 52.9 Å². The number of benzene rings is 3. The van der Waals surface area contributed by atoms with E-state index in [9.17, 15) is 0 Å². The highest BCUT2D eigenvalue weighted by atomic mass is 16.7. The zero-order chi connectivity index (χ0) is 27.7. The van der Waals surface area contributed by atoms with Gasteiger partial charge < -0.3 is 14.0 Å². The number of aromatic nitrogens is 6. The van der Waals surface area contributed by atoms with Crippen LogP contribution < -0.4 is 0 Å². The van der Waals surface area contributed by atoms with E-state index in [4.69, 9.17) is 14.5 Å². The molecule has 2 aromatic heterocycles. The Morgan fingerprint density at radius 1 is 0.825 bits per heavy atom. The molecule has 8 heteroatoms. The number of hydrogen-bond acceptors (Lipinski definition) is 6. The third-order valence-electron chi connectivity index (χ3n) is 6.83. The fraction of sp³-hybridized carbons (Fsp3) is 0.312. The first-order valence-corrected chi connectivity index (χ1v) is 14.0. The predicted octanol–water partition coefficient (Wildman–Crippen LogP) is 6.86. The van der Waals surface area contributed by atoms with Crippen molar-refractivity contribution in [1.29, 1.82) is 0 Å². The summed E-state index contributed by atoms with van der Waals surface area (Å²) in [5, 5.41) is 14.9. The van der Waals surface area contributed by atoms with E-state index in [-0.39, 0.29) is 0 Å². The van der Waals surface area contributed by atoms with Gasteiger partial charge in [-0.15, -0.1) is 10.2 Å². The average Bonchev–Trinajstić information content (AvgIpc) is 3.67. The van der Waals surface area contributed by atoms with E-state index < -0.39 is 6.29 Å². The lowest BCUT2D eigenvalue weighted by Crippen LogP contribution is -2.09. The van der Waals surface area contributed by atoms with Gasteiger partial charge in [0.2, 0.25) is 12.1 Å². The molecule has 0 fully saturated rings. The highest BCUT2D eigenvalue weighted by molar-refractivity contribution is 5.90. The molecule has 3 aromatic carbocycles. The van der Waals surface area contributed by atoms with E-state index in [1.54, 1.807) is 0 Å². The van der Waals surface area contributed by atoms with Crippen LogP contribution in [0, 0.1) is 0 Å². The van der Waals surface area contributed by atoms with Crippen LogP contribution in [-0.2, 0) is 22.4 Å². The molecule has 0 aliphatic carbocycles. The van der Waals surface area contributed by atoms with Gasteiger partial charge in [-0.2, -0.15) is 5.21 Å². The third-order valence-corrected chi connectivity index (χ3v) is 6.83. The molecular weight excluding hydrogens is 500 g/mol. The summed E-state index contributed by atoms with van der Waals surface area (Å²) in [7, 11) is 0. The van der Waals surface area contributed by atoms with E-state index in [0.29, 0.717) is 25.6 Å². The lowest BCUT2D eigenvalue weighted by molar-refractivity contribution is -0.142. The Morgan fingerprint density at radius 3 is 2.25 bits per heavy atom. The second kappa shape index (κ2) is 13.3. The third kappa shape index (κ3) is 6.19. The molecule has 0 unspecified atom stereocenters. The molecule has 206 valence electrons. The summed E-state index contributed by atoms with van der Waals surface area (Å²) in [6.45, 7) is 7.98. The van der Waals surface area contributed by atoms with Crippen molar-refractivity contribution in [3.63, 3.8) is 0 Å². The number of tetrazole rings is 1. The first-order chi connectivity index (χ1) is 19.7. The van der Waals surface area contributed by atoms with Gasteiger partial charge in [0.25, 0.3) is 0 Å². The van der Waals surface area contributed by atoms with Gasteiger partial charge >= 0.3 is 0 Å². The first-order valence-electron chi connectivity index (χ1n) is 14.0. The summed E-state index contributed by atoms with van der Waals surface area (Å²) < 4.78 is 14.0. The van der Waals surface area contributed by atoms with Crippen LogP contribution in [0.2, 0.25) is 0 Å². The Bertz CT molecular complexity index is 1490. The van der Waals surface area contributed by atoms with Crippen molar-refractivity contribution in [1.82, 2.24) is 30.2 Å². The molecule has 0 saturated carbocycles. The van der Waals surface area contributed by atoms with Gasteiger partial charge in [0, 0.05) is 37.9 Å². The van der Waals surface area contributed by atoms with Gasteiger partial charge in [-0.25, -0.2) is 4.98 Å². The number of nitrogens with zero attached hydrogens (tertiary/aromatic N) is 5. The van der Waals surface area contributed by atoms with Crippen LogP contribution in [0.25, 0.3) is 33.6 Å². The highest BCUT2D eigenvalue weighted by Crippen LogP contribution is 2.37. The maximum atomic E-state index is 5.86. The Labute approximate surface area is 235 Å². The minimum Gasteiger partial charge on any atom is -0.347 e. The lowest BCUT2D eigenvalue weighted by atomic mass is 9.90. The molecule has 40 heavy (non-hydrogen) atoms. The predicted molar refractivity (Wildman–Crippen MR) is 156 cm³/mol. The number of nitrogens with one attached hydrogen (secondary N) is 1. The number of rotatable bonds is 13. The zero-order valence-corrected chi connectivity index (χ0v) is 23.4. The van der Waals surface area contributed by atoms with Crippen molar-refractivity contribution in [3.05, 3.63) is 96.1 Å². The summed E-state index contributed by atoms with van der Waals surface area (Å²) in [5.41, 5.74) is 7.40. The molecule has 5 rings (SSSR count). The summed E-state index contributed by atoms with van der Waals surface area (Å²) in [6, 6.07) is 25.3. The van der Waals surface area contributed by atoms with Crippen LogP contribution in [0.1, 0.15) is 57.0 Å². The highest BCUT2D eigenvalue weighted by Gasteiger charge is 2.19. The molecule has 1 N–H and O–H groups in total. The molecule has 8 nitrogen and oxygen atoms in total. The molecule has 0 saturated heterocycles. The summed E-state index contributed by atoms with van der Waals surface area (Å²) >= 11 is 0. The molecule has 0 radical (unpaired) electrons. The number of H-pyrrole nitrogens is 1. The van der Waals surface area contributed by atoms with E-state index in [0.717, 1.165) is 58.6 Å². The fourth-order valence-electron chi connectivity index (χ4n) is 4.95. The molecule has 0 aliphatic rings. The largest absolute Gasteiger partial charge is 0.347 e. The van der Waals surface area contributed by atoms with E-state index >= 15 is 0 Å². The monoisotopic (exact) mass is 536 g/mol. The molecule has 5 aromatic rings. The molecular formula is C32H36N6O2. The standard InChI is InChI=1S/C32H36N6O2/c1-4-7-17-30-33-29(32(39-5-2)40-6-3)22-38(30)21-23-18-19-26(28(20-23)24-13-9-8-10-14-24)25-15-11-12-16-27(25)31-34-36-37-35-31/h8-16,18-20,22,32H,4-7,17,21H2,1-3H3,(H,34,35,36,37). The summed E-state index contributed by atoms with van der Waals surface area (Å²) in [6.07, 6.45) is 4.72. The summed E-state index contributed by atoms with van der Waals surface area (Å²) in [4.78, 5) is 4.96. The lowest BCUT2D eigenvalue weighted by Gasteiger charge is -2.16. The van der Waals surface area contributed by atoms with Gasteiger partial charge in [-0.1, -0.05) is 80.1 Å². The molecule has 0 bridgehead atoms. The first kappa shape index (κ1) is 27.4. The van der Waals surface area contributed by atoms with Gasteiger partial charge in [0.05, 0.1) is 0 Å². The quantitative estimate of drug-likeness (QED) is 0.165. The van der Waals surface area contributed by atoms with Crippen LogP contribution in [0.3, 0.4) is 0 Å². The van der Waals surface area contributed by atoms with Gasteiger partial charge in [-0.3, -0.25) is 0 Å². The minimum absolute atomic E-state index is 0.458. The summed E-state index contributed by atoms with van der Waals surface area (Å²) in [5.74, 6) is 1.62. The average molecular weight is 537 g/mol. The van der Waals surface area contributed by atoms with E-state index in [1.807, 2.05) is 38.1 Å². The molecule has 2 heterocycles. The Kier molecular flexibility index (Phi) is 9.11. The number of aryl methyl sites for hydroxylation is 1. The minimum atomic E-state index is -0.458. The van der Waals surface area contributed by atoms with Gasteiger partial charge in [0.1, 0.15) is 11.5 Å². The Morgan fingerprint density at radius 2 is 1.55 bits per heavy atom. The normalized spacial score (nSPS) is 11.4. The van der Waals surface area contributed by atoms with Gasteiger partial charge in [0.15, 0.2) is 0 Å². The maximum Gasteiger partial charge on any atom is 0.205 e. The number of imidazole rings is 1. The molecule has 0 amide bonds. The van der Waals surface area contributed by atoms with Crippen LogP contribution in [0.5, 0.6) is 0 Å². The molecule has 0 spiro atoms. The number of aromatic amines is 1. The number of unbranched alkanes of at least 4 members (excludes halogenated alkanes) is 1. The SMILES string of the molecule is CCCCc1nc(C(OCC)OCC)cn1Cc1ccc(-c2ccccc2-c2nn[nH]n2)c(-c2ccccc2)c1. The smallest absolute Gasteiger partial charge is 0.205 e. The molecule has 0 atom stereocenters. The Balaban J connectivity index is 1.56. The Hall–Kier alpha value is -4.14. The van der Waals surface area contributed by atoms with Gasteiger partial charge in [-0.05, 0) is 59.4 Å². The number of hydrogen-bond donors (Lipinski definition) is 1. The van der Waals surface area contributed by atoms with Crippen LogP contribution >= 0.6 is 0 Å². The molecule has 0 aliphatic heterocycles. The van der Waals surface area contributed by atoms with Crippen molar-refractivity contribution >= 4 is 0 Å². The topological polar surface area (TPSA) is 90.7 Å². The van der Waals surface area contributed by atoms with E-state index in [1.165, 1.54) is 5.56 Å². The second-order valence-corrected chi connectivity index (χ2v) is 9.58. The van der Waals surface area contributed by atoms with Crippen molar-refractivity contribution in [3.8, 4) is 33.6 Å². The maximum absolute atomic E-state index is 5.86. The fourth-order valence-corrected chi connectivity index (χ4v) is 4.95. The van der Waals surface area contributed by atoms with E-state index in [2.05, 4.69) is 86.8 Å². The van der Waals surface area contributed by atoms with Crippen molar-refractivity contribution < 1.29 is 9.47 Å². The number of ether oxygens (including phenoxy) is 2. The van der Waals surface area contributed by atoms with Crippen LogP contribution in [0.4, 0.5) is 0 Å². The van der Waals surface area contributed by atoms with Crippen molar-refractivity contribution in [2.75, 3.05) is 13.2 Å². The second-order valence-electron chi connectivity index (χ2n) is 9.58.